The van der Waals surface area contributed by atoms with Crippen LogP contribution < -0.4 is 10.1 Å². The van der Waals surface area contributed by atoms with Crippen LogP contribution in [0, 0.1) is 0 Å². The summed E-state index contributed by atoms with van der Waals surface area (Å²) in [5.74, 6) is 0.823. The van der Waals surface area contributed by atoms with E-state index in [1.807, 2.05) is 35.1 Å². The minimum absolute atomic E-state index is 0.0420. The quantitative estimate of drug-likeness (QED) is 0.927. The first-order valence-corrected chi connectivity index (χ1v) is 8.79. The zero-order valence-corrected chi connectivity index (χ0v) is 14.3. The Morgan fingerprint density at radius 3 is 2.52 bits per heavy atom. The molecule has 0 spiro atoms. The van der Waals surface area contributed by atoms with Crippen molar-refractivity contribution in [2.75, 3.05) is 7.11 Å². The second-order valence-corrected chi connectivity index (χ2v) is 6.81. The minimum Gasteiger partial charge on any atom is -0.497 e. The summed E-state index contributed by atoms with van der Waals surface area (Å²) in [6.07, 6.45) is 7.70. The van der Waals surface area contributed by atoms with Gasteiger partial charge in [0, 0.05) is 24.8 Å². The van der Waals surface area contributed by atoms with E-state index in [4.69, 9.17) is 4.74 Å². The number of aromatic nitrogens is 3. The molecule has 1 aromatic heterocycles. The molecule has 2 aliphatic heterocycles. The van der Waals surface area contributed by atoms with Crippen molar-refractivity contribution in [2.45, 2.75) is 50.4 Å². The molecule has 7 heteroatoms. The predicted octanol–water partition coefficient (Wildman–Crippen LogP) is 2.36. The number of rotatable bonds is 4. The molecule has 2 unspecified atom stereocenters. The van der Waals surface area contributed by atoms with Gasteiger partial charge in [-0.2, -0.15) is 0 Å². The molecule has 3 heterocycles. The fraction of sp³-hybridized carbons (Fsp3) is 0.500. The van der Waals surface area contributed by atoms with Crippen molar-refractivity contribution in [1.82, 2.24) is 25.2 Å². The lowest BCUT2D eigenvalue weighted by Gasteiger charge is -2.38. The number of amides is 2. The lowest BCUT2D eigenvalue weighted by molar-refractivity contribution is 0.119. The maximum atomic E-state index is 12.7. The van der Waals surface area contributed by atoms with E-state index >= 15 is 0 Å². The number of carbonyl (C=O) groups is 1. The van der Waals surface area contributed by atoms with E-state index in [1.54, 1.807) is 13.3 Å². The number of methoxy groups -OCH3 is 1. The van der Waals surface area contributed by atoms with Crippen molar-refractivity contribution in [1.29, 1.82) is 0 Å². The van der Waals surface area contributed by atoms with Crippen LogP contribution in [0.3, 0.4) is 0 Å². The zero-order valence-electron chi connectivity index (χ0n) is 14.3. The van der Waals surface area contributed by atoms with Crippen LogP contribution in [-0.4, -0.2) is 45.1 Å². The molecule has 2 bridgehead atoms. The van der Waals surface area contributed by atoms with Gasteiger partial charge < -0.3 is 15.0 Å². The van der Waals surface area contributed by atoms with E-state index in [9.17, 15) is 4.79 Å². The van der Waals surface area contributed by atoms with E-state index in [-0.39, 0.29) is 6.03 Å². The van der Waals surface area contributed by atoms with Crippen molar-refractivity contribution < 1.29 is 9.53 Å². The second-order valence-electron chi connectivity index (χ2n) is 6.81. The monoisotopic (exact) mass is 341 g/mol. The number of piperidine rings is 1. The number of carbonyl (C=O) groups excluding carboxylic acids is 1. The van der Waals surface area contributed by atoms with Crippen LogP contribution in [-0.2, 0) is 6.54 Å². The van der Waals surface area contributed by atoms with Gasteiger partial charge in [-0.05, 0) is 43.4 Å². The summed E-state index contributed by atoms with van der Waals surface area (Å²) >= 11 is 0. The molecular weight excluding hydrogens is 318 g/mol. The summed E-state index contributed by atoms with van der Waals surface area (Å²) in [4.78, 5) is 14.8. The van der Waals surface area contributed by atoms with Gasteiger partial charge in [-0.15, -0.1) is 5.10 Å². The Morgan fingerprint density at radius 1 is 1.20 bits per heavy atom. The zero-order chi connectivity index (χ0) is 17.2. The van der Waals surface area contributed by atoms with Crippen LogP contribution >= 0.6 is 0 Å². The first-order valence-electron chi connectivity index (χ1n) is 8.79. The smallest absolute Gasteiger partial charge is 0.318 e. The molecule has 0 saturated carbocycles. The summed E-state index contributed by atoms with van der Waals surface area (Å²) in [7, 11) is 1.65. The number of fused-ring (bicyclic) bond motifs is 2. The molecule has 1 aromatic carbocycles. The SMILES string of the molecule is COc1ccc(CNC(=O)N2C3CCC2CC(n2ccnn2)C3)cc1. The van der Waals surface area contributed by atoms with Gasteiger partial charge in [0.1, 0.15) is 5.75 Å². The first-order chi connectivity index (χ1) is 12.2. The second kappa shape index (κ2) is 6.74. The lowest BCUT2D eigenvalue weighted by Crippen LogP contribution is -2.50. The number of nitrogens with zero attached hydrogens (tertiary/aromatic N) is 4. The van der Waals surface area contributed by atoms with Crippen molar-refractivity contribution in [3.8, 4) is 5.75 Å². The molecular formula is C18H23N5O2. The highest BCUT2D eigenvalue weighted by atomic mass is 16.5. The van der Waals surface area contributed by atoms with Crippen LogP contribution in [0.1, 0.15) is 37.3 Å². The van der Waals surface area contributed by atoms with Crippen LogP contribution in [0.25, 0.3) is 0 Å². The maximum Gasteiger partial charge on any atom is 0.318 e. The van der Waals surface area contributed by atoms with E-state index in [1.165, 1.54) is 0 Å². The molecule has 2 fully saturated rings. The topological polar surface area (TPSA) is 72.3 Å². The third-order valence-electron chi connectivity index (χ3n) is 5.36. The molecule has 2 amide bonds. The molecule has 25 heavy (non-hydrogen) atoms. The molecule has 2 aromatic rings. The van der Waals surface area contributed by atoms with Crippen molar-refractivity contribution in [2.24, 2.45) is 0 Å². The number of hydrogen-bond acceptors (Lipinski definition) is 4. The fourth-order valence-corrected chi connectivity index (χ4v) is 4.12. The van der Waals surface area contributed by atoms with E-state index < -0.39 is 0 Å². The highest BCUT2D eigenvalue weighted by Crippen LogP contribution is 2.40. The summed E-state index contributed by atoms with van der Waals surface area (Å²) < 4.78 is 7.10. The molecule has 0 radical (unpaired) electrons. The van der Waals surface area contributed by atoms with Crippen LogP contribution in [0.2, 0.25) is 0 Å². The molecule has 2 saturated heterocycles. The number of ether oxygens (including phenoxy) is 1. The molecule has 132 valence electrons. The number of urea groups is 1. The lowest BCUT2D eigenvalue weighted by atomic mass is 9.98. The summed E-state index contributed by atoms with van der Waals surface area (Å²) in [6, 6.07) is 8.76. The Kier molecular flexibility index (Phi) is 4.29. The van der Waals surface area contributed by atoms with Gasteiger partial charge in [0.2, 0.25) is 0 Å². The third-order valence-corrected chi connectivity index (χ3v) is 5.36. The normalized spacial score (nSPS) is 25.0. The minimum atomic E-state index is 0.0420. The van der Waals surface area contributed by atoms with E-state index in [0.29, 0.717) is 24.7 Å². The Hall–Kier alpha value is -2.57. The Balaban J connectivity index is 1.36. The van der Waals surface area contributed by atoms with Crippen molar-refractivity contribution >= 4 is 6.03 Å². The summed E-state index contributed by atoms with van der Waals surface area (Å²) in [5.41, 5.74) is 1.07. The van der Waals surface area contributed by atoms with Gasteiger partial charge in [0.05, 0.1) is 19.3 Å². The predicted molar refractivity (Wildman–Crippen MR) is 92.2 cm³/mol. The molecule has 7 nitrogen and oxygen atoms in total. The fourth-order valence-electron chi connectivity index (χ4n) is 4.12. The van der Waals surface area contributed by atoms with Gasteiger partial charge in [-0.1, -0.05) is 17.3 Å². The van der Waals surface area contributed by atoms with Crippen LogP contribution in [0.15, 0.2) is 36.7 Å². The standard InChI is InChI=1S/C18H23N5O2/c1-25-17-6-2-13(3-7-17)12-19-18(24)23-14-4-5-15(23)11-16(10-14)22-9-8-20-21-22/h2-3,6-9,14-16H,4-5,10-12H2,1H3,(H,19,24). The maximum absolute atomic E-state index is 12.7. The average molecular weight is 341 g/mol. The van der Waals surface area contributed by atoms with Gasteiger partial charge in [-0.3, -0.25) is 0 Å². The molecule has 2 aliphatic rings. The van der Waals surface area contributed by atoms with Crippen LogP contribution in [0.5, 0.6) is 5.75 Å². The Labute approximate surface area is 147 Å². The first kappa shape index (κ1) is 15.9. The van der Waals surface area contributed by atoms with Crippen molar-refractivity contribution in [3.63, 3.8) is 0 Å². The molecule has 0 aliphatic carbocycles. The molecule has 1 N–H and O–H groups in total. The highest BCUT2D eigenvalue weighted by Gasteiger charge is 2.43. The van der Waals surface area contributed by atoms with E-state index in [2.05, 4.69) is 20.5 Å². The van der Waals surface area contributed by atoms with Crippen molar-refractivity contribution in [3.05, 3.63) is 42.2 Å². The Morgan fingerprint density at radius 2 is 1.92 bits per heavy atom. The van der Waals surface area contributed by atoms with Gasteiger partial charge >= 0.3 is 6.03 Å². The number of benzene rings is 1. The molecule has 2 atom stereocenters. The Bertz CT molecular complexity index is 702. The van der Waals surface area contributed by atoms with Gasteiger partial charge in [0.25, 0.3) is 0 Å². The highest BCUT2D eigenvalue weighted by molar-refractivity contribution is 5.75. The summed E-state index contributed by atoms with van der Waals surface area (Å²) in [5, 5.41) is 11.1. The number of nitrogens with one attached hydrogen (secondary N) is 1. The van der Waals surface area contributed by atoms with Gasteiger partial charge in [0.15, 0.2) is 0 Å². The van der Waals surface area contributed by atoms with Gasteiger partial charge in [-0.25, -0.2) is 9.48 Å². The molecule has 4 rings (SSSR count). The number of hydrogen-bond donors (Lipinski definition) is 1. The van der Waals surface area contributed by atoms with E-state index in [0.717, 1.165) is 37.0 Å². The largest absolute Gasteiger partial charge is 0.497 e. The van der Waals surface area contributed by atoms with Crippen LogP contribution in [0.4, 0.5) is 4.79 Å². The summed E-state index contributed by atoms with van der Waals surface area (Å²) in [6.45, 7) is 0.533. The average Bonchev–Trinajstić information content (AvgIpc) is 3.27. The third kappa shape index (κ3) is 3.18.